The second-order valence-corrected chi connectivity index (χ2v) is 7.56. The number of aryl methyl sites for hydroxylation is 1. The van der Waals surface area contributed by atoms with E-state index in [0.717, 1.165) is 29.7 Å². The van der Waals surface area contributed by atoms with E-state index < -0.39 is 0 Å². The Labute approximate surface area is 143 Å². The summed E-state index contributed by atoms with van der Waals surface area (Å²) in [5.41, 5.74) is 1.75. The Morgan fingerprint density at radius 1 is 1.33 bits per heavy atom. The topological polar surface area (TPSA) is 78.5 Å². The SMILES string of the molecule is Cc1ccc2nc(SC(C)c3nnnn3C3CC3)n(C)c(=O)c2c1. The molecule has 7 nitrogen and oxygen atoms in total. The maximum Gasteiger partial charge on any atom is 0.261 e. The molecule has 8 heteroatoms. The lowest BCUT2D eigenvalue weighted by molar-refractivity contribution is 0.582. The maximum atomic E-state index is 12.6. The first-order valence-electron chi connectivity index (χ1n) is 7.96. The third-order valence-corrected chi connectivity index (χ3v) is 5.39. The molecule has 0 spiro atoms. The molecule has 1 atom stereocenters. The highest BCUT2D eigenvalue weighted by Gasteiger charge is 2.30. The van der Waals surface area contributed by atoms with Crippen molar-refractivity contribution >= 4 is 22.7 Å². The smallest absolute Gasteiger partial charge is 0.261 e. The van der Waals surface area contributed by atoms with Crippen molar-refractivity contribution in [2.45, 2.75) is 43.1 Å². The van der Waals surface area contributed by atoms with Gasteiger partial charge in [0.15, 0.2) is 11.0 Å². The maximum absolute atomic E-state index is 12.6. The average molecular weight is 342 g/mol. The summed E-state index contributed by atoms with van der Waals surface area (Å²) in [6.07, 6.45) is 2.25. The van der Waals surface area contributed by atoms with Gasteiger partial charge in [0, 0.05) is 7.05 Å². The van der Waals surface area contributed by atoms with Crippen LogP contribution in [0.25, 0.3) is 10.9 Å². The number of benzene rings is 1. The van der Waals surface area contributed by atoms with Crippen molar-refractivity contribution in [3.8, 4) is 0 Å². The summed E-state index contributed by atoms with van der Waals surface area (Å²) in [4.78, 5) is 17.3. The van der Waals surface area contributed by atoms with Crippen LogP contribution in [0.1, 0.15) is 42.4 Å². The van der Waals surface area contributed by atoms with Crippen LogP contribution in [-0.4, -0.2) is 29.8 Å². The molecule has 1 unspecified atom stereocenters. The Kier molecular flexibility index (Phi) is 3.64. The van der Waals surface area contributed by atoms with Crippen molar-refractivity contribution in [2.24, 2.45) is 7.05 Å². The molecule has 24 heavy (non-hydrogen) atoms. The lowest BCUT2D eigenvalue weighted by Gasteiger charge is -2.13. The average Bonchev–Trinajstić information content (AvgIpc) is 3.29. The predicted molar refractivity (Wildman–Crippen MR) is 92.1 cm³/mol. The van der Waals surface area contributed by atoms with Crippen molar-refractivity contribution in [3.63, 3.8) is 0 Å². The summed E-state index contributed by atoms with van der Waals surface area (Å²) in [6, 6.07) is 6.18. The molecule has 0 radical (unpaired) electrons. The molecule has 2 aromatic heterocycles. The zero-order valence-electron chi connectivity index (χ0n) is 13.8. The number of aromatic nitrogens is 6. The van der Waals surface area contributed by atoms with Crippen LogP contribution in [-0.2, 0) is 7.05 Å². The predicted octanol–water partition coefficient (Wildman–Crippen LogP) is 2.42. The molecular weight excluding hydrogens is 324 g/mol. The van der Waals surface area contributed by atoms with Gasteiger partial charge in [0.2, 0.25) is 0 Å². The van der Waals surface area contributed by atoms with Crippen LogP contribution in [0.5, 0.6) is 0 Å². The molecule has 1 aliphatic rings. The Morgan fingerprint density at radius 2 is 2.12 bits per heavy atom. The van der Waals surface area contributed by atoms with E-state index in [1.807, 2.05) is 36.7 Å². The minimum atomic E-state index is -0.0276. The van der Waals surface area contributed by atoms with E-state index >= 15 is 0 Å². The Hall–Kier alpha value is -2.22. The minimum Gasteiger partial charge on any atom is -0.290 e. The molecule has 2 heterocycles. The Morgan fingerprint density at radius 3 is 2.88 bits per heavy atom. The van der Waals surface area contributed by atoms with Gasteiger partial charge in [-0.2, -0.15) is 0 Å². The first-order chi connectivity index (χ1) is 11.5. The van der Waals surface area contributed by atoms with Gasteiger partial charge < -0.3 is 0 Å². The van der Waals surface area contributed by atoms with Gasteiger partial charge in [0.1, 0.15) is 0 Å². The fourth-order valence-electron chi connectivity index (χ4n) is 2.73. The van der Waals surface area contributed by atoms with Crippen LogP contribution < -0.4 is 5.56 Å². The first-order valence-corrected chi connectivity index (χ1v) is 8.84. The minimum absolute atomic E-state index is 0.0154. The normalized spacial score (nSPS) is 15.8. The summed E-state index contributed by atoms with van der Waals surface area (Å²) in [6.45, 7) is 4.02. The van der Waals surface area contributed by atoms with Crippen LogP contribution in [0.2, 0.25) is 0 Å². The summed E-state index contributed by atoms with van der Waals surface area (Å²) in [5, 5.41) is 13.4. The van der Waals surface area contributed by atoms with E-state index in [1.54, 1.807) is 11.6 Å². The molecule has 1 aliphatic carbocycles. The number of hydrogen-bond acceptors (Lipinski definition) is 6. The van der Waals surface area contributed by atoms with E-state index in [4.69, 9.17) is 0 Å². The lowest BCUT2D eigenvalue weighted by atomic mass is 10.2. The van der Waals surface area contributed by atoms with Crippen molar-refractivity contribution < 1.29 is 0 Å². The summed E-state index contributed by atoms with van der Waals surface area (Å²) in [5.74, 6) is 0.834. The molecule has 124 valence electrons. The fraction of sp³-hybridized carbons (Fsp3) is 0.438. The monoisotopic (exact) mass is 342 g/mol. The Balaban J connectivity index is 1.71. The van der Waals surface area contributed by atoms with Gasteiger partial charge in [-0.25, -0.2) is 9.67 Å². The van der Waals surface area contributed by atoms with E-state index in [-0.39, 0.29) is 10.8 Å². The molecule has 1 aromatic carbocycles. The molecule has 4 rings (SSSR count). The van der Waals surface area contributed by atoms with Gasteiger partial charge >= 0.3 is 0 Å². The van der Waals surface area contributed by atoms with Crippen LogP contribution in [0, 0.1) is 6.92 Å². The second kappa shape index (κ2) is 5.70. The van der Waals surface area contributed by atoms with Gasteiger partial charge in [0.05, 0.1) is 22.2 Å². The molecule has 3 aromatic rings. The highest BCUT2D eigenvalue weighted by Crippen LogP contribution is 2.39. The second-order valence-electron chi connectivity index (χ2n) is 6.25. The number of hydrogen-bond donors (Lipinski definition) is 0. The molecular formula is C16H18N6OS. The third-order valence-electron chi connectivity index (χ3n) is 4.25. The molecule has 1 fully saturated rings. The number of fused-ring (bicyclic) bond motifs is 1. The van der Waals surface area contributed by atoms with Crippen molar-refractivity contribution in [1.82, 2.24) is 29.8 Å². The van der Waals surface area contributed by atoms with E-state index in [2.05, 4.69) is 20.5 Å². The first kappa shape index (κ1) is 15.3. The van der Waals surface area contributed by atoms with Gasteiger partial charge in [-0.05, 0) is 49.2 Å². The largest absolute Gasteiger partial charge is 0.290 e. The highest BCUT2D eigenvalue weighted by molar-refractivity contribution is 7.99. The molecule has 0 N–H and O–H groups in total. The molecule has 0 saturated heterocycles. The number of thioether (sulfide) groups is 1. The van der Waals surface area contributed by atoms with Gasteiger partial charge in [0.25, 0.3) is 5.56 Å². The van der Waals surface area contributed by atoms with Gasteiger partial charge in [-0.3, -0.25) is 9.36 Å². The van der Waals surface area contributed by atoms with E-state index in [1.165, 1.54) is 11.8 Å². The van der Waals surface area contributed by atoms with Gasteiger partial charge in [-0.15, -0.1) is 5.10 Å². The van der Waals surface area contributed by atoms with Crippen molar-refractivity contribution in [2.75, 3.05) is 0 Å². The molecule has 0 amide bonds. The molecule has 0 bridgehead atoms. The zero-order chi connectivity index (χ0) is 16.8. The van der Waals surface area contributed by atoms with Crippen LogP contribution >= 0.6 is 11.8 Å². The number of rotatable bonds is 4. The zero-order valence-corrected chi connectivity index (χ0v) is 14.6. The number of tetrazole rings is 1. The standard InChI is InChI=1S/C16H18N6OS/c1-9-4-7-13-12(8-9)15(23)21(3)16(17-13)24-10(2)14-18-19-20-22(14)11-5-6-11/h4,7-8,10-11H,5-6H2,1-3H3. The lowest BCUT2D eigenvalue weighted by Crippen LogP contribution is -2.20. The third kappa shape index (κ3) is 2.60. The molecule has 1 saturated carbocycles. The van der Waals surface area contributed by atoms with Crippen molar-refractivity contribution in [1.29, 1.82) is 0 Å². The summed E-state index contributed by atoms with van der Waals surface area (Å²) < 4.78 is 3.51. The van der Waals surface area contributed by atoms with Crippen molar-refractivity contribution in [3.05, 3.63) is 39.9 Å². The van der Waals surface area contributed by atoms with Gasteiger partial charge in [-0.1, -0.05) is 23.4 Å². The number of nitrogens with zero attached hydrogens (tertiary/aromatic N) is 6. The quantitative estimate of drug-likeness (QED) is 0.535. The Bertz CT molecular complexity index is 974. The summed E-state index contributed by atoms with van der Waals surface area (Å²) >= 11 is 1.51. The van der Waals surface area contributed by atoms with E-state index in [0.29, 0.717) is 16.6 Å². The van der Waals surface area contributed by atoms with Crippen LogP contribution in [0.15, 0.2) is 28.2 Å². The summed E-state index contributed by atoms with van der Waals surface area (Å²) in [7, 11) is 1.76. The highest BCUT2D eigenvalue weighted by atomic mass is 32.2. The fourth-order valence-corrected chi connectivity index (χ4v) is 3.70. The molecule has 0 aliphatic heterocycles. The van der Waals surface area contributed by atoms with E-state index in [9.17, 15) is 4.79 Å². The van der Waals surface area contributed by atoms with Crippen LogP contribution in [0.4, 0.5) is 0 Å². The van der Waals surface area contributed by atoms with Crippen LogP contribution in [0.3, 0.4) is 0 Å².